The van der Waals surface area contributed by atoms with Gasteiger partial charge in [-0.05, 0) is 81.0 Å². The van der Waals surface area contributed by atoms with Crippen molar-refractivity contribution in [2.24, 2.45) is 34.4 Å². The van der Waals surface area contributed by atoms with E-state index in [1.807, 2.05) is 18.2 Å². The van der Waals surface area contributed by atoms with Gasteiger partial charge < -0.3 is 41.0 Å². The minimum absolute atomic E-state index is 0.00334. The Balaban J connectivity index is 1.09. The largest absolute Gasteiger partial charge is 0.504 e. The first kappa shape index (κ1) is 40.7. The van der Waals surface area contributed by atoms with Gasteiger partial charge >= 0.3 is 0 Å². The van der Waals surface area contributed by atoms with Crippen molar-refractivity contribution >= 4 is 5.71 Å². The Morgan fingerprint density at radius 3 is 2.71 bits per heavy atom. The predicted octanol–water partition coefficient (Wildman–Crippen LogP) is 6.73. The minimum atomic E-state index is -0.922. The number of unbranched alkanes of at least 4 members (excludes halogenated alkanes) is 3. The standard InChI is InChI=1S/C43H67N3O6/c1-3-4-5-9-30(20-21-44)10-6-7-13-42-33(27-47)23-34(52-42)17-14-31-15-19-40(49)43(22-31)51-28-41(50)39-24-36-37(26-45-25-29(2)48)35-12-8-11-32(35)16-18-38(36)46-39/h15,19,22-24,29-30,32,35,37,41-42,45,47-50H,3-14,16-18,20-21,25-28,44H2,1-2H3/t29-,30-,32+,35-,37-,41-,42?/m0/s1. The maximum Gasteiger partial charge on any atom is 0.189 e. The van der Waals surface area contributed by atoms with E-state index in [2.05, 4.69) is 18.3 Å². The fourth-order valence-corrected chi connectivity index (χ4v) is 8.98. The maximum atomic E-state index is 11.2. The molecule has 9 nitrogen and oxygen atoms in total. The summed E-state index contributed by atoms with van der Waals surface area (Å²) in [6.07, 6.45) is 21.3. The van der Waals surface area contributed by atoms with Crippen LogP contribution in [0.5, 0.6) is 11.5 Å². The number of nitrogens with two attached hydrogens (primary N) is 1. The van der Waals surface area contributed by atoms with Gasteiger partial charge in [0.1, 0.15) is 12.2 Å². The van der Waals surface area contributed by atoms with Crippen LogP contribution in [0.2, 0.25) is 0 Å². The Morgan fingerprint density at radius 1 is 1.12 bits per heavy atom. The number of benzene rings is 1. The van der Waals surface area contributed by atoms with Crippen LogP contribution in [0, 0.1) is 35.8 Å². The van der Waals surface area contributed by atoms with Gasteiger partial charge in [-0.2, -0.15) is 11.6 Å². The predicted molar refractivity (Wildman–Crippen MR) is 208 cm³/mol. The third kappa shape index (κ3) is 11.5. The van der Waals surface area contributed by atoms with Gasteiger partial charge in [-0.1, -0.05) is 83.3 Å². The molecule has 0 spiro atoms. The second-order valence-corrected chi connectivity index (χ2v) is 15.9. The topological polar surface area (TPSA) is 150 Å². The van der Waals surface area contributed by atoms with Crippen LogP contribution in [0.15, 0.2) is 46.5 Å². The van der Waals surface area contributed by atoms with Crippen LogP contribution < -0.4 is 15.8 Å². The van der Waals surface area contributed by atoms with E-state index in [0.29, 0.717) is 54.8 Å². The summed E-state index contributed by atoms with van der Waals surface area (Å²) in [5.74, 6) is 2.71. The highest BCUT2D eigenvalue weighted by Gasteiger charge is 2.47. The average Bonchev–Trinajstić information content (AvgIpc) is 3.87. The lowest BCUT2D eigenvalue weighted by atomic mass is 9.80. The molecule has 0 aromatic heterocycles. The first-order chi connectivity index (χ1) is 25.3. The number of fused-ring (bicyclic) bond motifs is 2. The number of phenols is 1. The van der Waals surface area contributed by atoms with E-state index in [-0.39, 0.29) is 25.1 Å². The molecule has 4 aliphatic rings. The second-order valence-electron chi connectivity index (χ2n) is 15.9. The zero-order valence-electron chi connectivity index (χ0n) is 31.9. The first-order valence-electron chi connectivity index (χ1n) is 20.5. The molecule has 290 valence electrons. The molecule has 5 rings (SSSR count). The fourth-order valence-electron chi connectivity index (χ4n) is 8.98. The second kappa shape index (κ2) is 20.8. The molecule has 0 bridgehead atoms. The van der Waals surface area contributed by atoms with Crippen molar-refractivity contribution in [1.82, 2.24) is 5.32 Å². The normalized spacial score (nSPS) is 24.5. The maximum absolute atomic E-state index is 11.2. The fraction of sp³-hybridized carbons (Fsp3) is 0.698. The Labute approximate surface area is 313 Å². The van der Waals surface area contributed by atoms with Crippen LogP contribution in [0.1, 0.15) is 116 Å². The molecule has 7 atom stereocenters. The Morgan fingerprint density at radius 2 is 1.94 bits per heavy atom. The lowest BCUT2D eigenvalue weighted by Gasteiger charge is -2.25. The molecule has 0 radical (unpaired) electrons. The van der Waals surface area contributed by atoms with Crippen molar-refractivity contribution in [3.63, 3.8) is 0 Å². The number of rotatable bonds is 23. The van der Waals surface area contributed by atoms with Gasteiger partial charge in [-0.25, -0.2) is 0 Å². The molecule has 2 heterocycles. The molecule has 2 aliphatic carbocycles. The van der Waals surface area contributed by atoms with Crippen LogP contribution in [-0.2, 0) is 11.2 Å². The van der Waals surface area contributed by atoms with Crippen molar-refractivity contribution < 1.29 is 29.9 Å². The van der Waals surface area contributed by atoms with Gasteiger partial charge in [0.05, 0.1) is 18.1 Å². The van der Waals surface area contributed by atoms with E-state index in [9.17, 15) is 20.4 Å². The van der Waals surface area contributed by atoms with Crippen LogP contribution in [0.4, 0.5) is 0 Å². The molecule has 9 heteroatoms. The van der Waals surface area contributed by atoms with Crippen molar-refractivity contribution in [2.45, 2.75) is 135 Å². The first-order valence-corrected chi connectivity index (χ1v) is 20.5. The van der Waals surface area contributed by atoms with E-state index in [4.69, 9.17) is 20.2 Å². The molecule has 0 amide bonds. The highest BCUT2D eigenvalue weighted by Crippen LogP contribution is 2.47. The van der Waals surface area contributed by atoms with Crippen LogP contribution in [0.3, 0.4) is 0 Å². The Bertz CT molecular complexity index is 1330. The van der Waals surface area contributed by atoms with Gasteiger partial charge in [-0.3, -0.25) is 0 Å². The molecule has 7 N–H and O–H groups in total. The highest BCUT2D eigenvalue weighted by molar-refractivity contribution is 6.04. The van der Waals surface area contributed by atoms with E-state index >= 15 is 0 Å². The van der Waals surface area contributed by atoms with Gasteiger partial charge in [0.25, 0.3) is 0 Å². The van der Waals surface area contributed by atoms with Crippen LogP contribution >= 0.6 is 0 Å². The summed E-state index contributed by atoms with van der Waals surface area (Å²) < 4.78 is 12.3. The van der Waals surface area contributed by atoms with Crippen molar-refractivity contribution in [1.29, 1.82) is 0 Å². The molecular formula is C43H67N3O6. The molecule has 52 heavy (non-hydrogen) atoms. The summed E-state index contributed by atoms with van der Waals surface area (Å²) in [5.41, 5.74) is 10.1. The molecular weight excluding hydrogens is 654 g/mol. The number of phenolic OH excluding ortho intramolecular Hbond substituents is 1. The number of hydrogen-bond acceptors (Lipinski definition) is 9. The van der Waals surface area contributed by atoms with Gasteiger partial charge in [-0.15, -0.1) is 4.99 Å². The van der Waals surface area contributed by atoms with Gasteiger partial charge in [0, 0.05) is 32.2 Å². The average molecular weight is 722 g/mol. The molecule has 1 aromatic carbocycles. The van der Waals surface area contributed by atoms with E-state index in [1.54, 1.807) is 13.0 Å². The zero-order valence-corrected chi connectivity index (χ0v) is 31.9. The number of aromatic hydroxyl groups is 1. The van der Waals surface area contributed by atoms with E-state index in [1.165, 1.54) is 56.9 Å². The minimum Gasteiger partial charge on any atom is -0.504 e. The number of aliphatic hydroxyl groups excluding tert-OH is 3. The Hall–Kier alpha value is -2.53. The number of hydrogen-bond donors (Lipinski definition) is 6. The number of aliphatic imine (C=N–C) groups is 1. The SMILES string of the molecule is CCCCC[C@H](CCN)CCCCC1O[C-](CCc2ccc(O)c(OC[C@H](O)[C+]3C=C4C(=N3)CC[C@H]3CCC[C@@H]3[C@@H]4CNC[C@H](C)O)c2)C=C1CO. The molecule has 2 saturated carbocycles. The lowest BCUT2D eigenvalue weighted by molar-refractivity contribution is 0.102. The summed E-state index contributed by atoms with van der Waals surface area (Å²) in [7, 11) is 0. The summed E-state index contributed by atoms with van der Waals surface area (Å²) in [6.45, 7) is 6.16. The third-order valence-electron chi connectivity index (χ3n) is 11.9. The highest BCUT2D eigenvalue weighted by atomic mass is 16.5. The van der Waals surface area contributed by atoms with Crippen molar-refractivity contribution in [3.8, 4) is 11.5 Å². The van der Waals surface area contributed by atoms with E-state index in [0.717, 1.165) is 74.6 Å². The molecule has 2 aliphatic heterocycles. The summed E-state index contributed by atoms with van der Waals surface area (Å²) >= 11 is 0. The Kier molecular flexibility index (Phi) is 16.3. The van der Waals surface area contributed by atoms with Gasteiger partial charge in [0.15, 0.2) is 29.4 Å². The molecule has 1 aromatic rings. The number of aryl methyl sites for hydroxylation is 1. The number of aliphatic hydroxyl groups is 3. The van der Waals surface area contributed by atoms with Crippen LogP contribution in [0.25, 0.3) is 0 Å². The number of nitrogens with one attached hydrogen (secondary N) is 1. The van der Waals surface area contributed by atoms with Crippen LogP contribution in [-0.4, -0.2) is 77.3 Å². The lowest BCUT2D eigenvalue weighted by Crippen LogP contribution is -2.34. The smallest absolute Gasteiger partial charge is 0.189 e. The zero-order chi connectivity index (χ0) is 36.9. The monoisotopic (exact) mass is 722 g/mol. The molecule has 0 saturated heterocycles. The third-order valence-corrected chi connectivity index (χ3v) is 11.9. The summed E-state index contributed by atoms with van der Waals surface area (Å²) in [6, 6.07) is 5.98. The summed E-state index contributed by atoms with van der Waals surface area (Å²) in [5, 5.41) is 45.1. The number of nitrogens with zero attached hydrogens (tertiary/aromatic N) is 1. The van der Waals surface area contributed by atoms with E-state index < -0.39 is 12.2 Å². The van der Waals surface area contributed by atoms with Gasteiger partial charge in [0.2, 0.25) is 0 Å². The summed E-state index contributed by atoms with van der Waals surface area (Å²) in [4.78, 5) is 4.91. The molecule has 2 fully saturated rings. The quantitative estimate of drug-likeness (QED) is 0.0538. The molecule has 1 unspecified atom stereocenters. The van der Waals surface area contributed by atoms with Crippen molar-refractivity contribution in [3.05, 3.63) is 59.2 Å². The van der Waals surface area contributed by atoms with Crippen molar-refractivity contribution in [2.75, 3.05) is 32.8 Å². The number of ether oxygens (including phenoxy) is 2.